The SMILES string of the molecule is CC(c1ccc(F)cc1)N1CCN(c2cc(=O)n(C)c3ccc(Br)nc23)CC1. The van der Waals surface area contributed by atoms with Crippen LogP contribution in [-0.2, 0) is 7.05 Å². The van der Waals surface area contributed by atoms with Crippen LogP contribution >= 0.6 is 15.9 Å². The fourth-order valence-corrected chi connectivity index (χ4v) is 4.14. The lowest BCUT2D eigenvalue weighted by atomic mass is 10.1. The number of piperazine rings is 1. The summed E-state index contributed by atoms with van der Waals surface area (Å²) in [6, 6.07) is 12.4. The Kier molecular flexibility index (Phi) is 5.21. The molecule has 4 rings (SSSR count). The number of aromatic nitrogens is 2. The Morgan fingerprint density at radius 2 is 1.75 bits per heavy atom. The van der Waals surface area contributed by atoms with Crippen LogP contribution in [0, 0.1) is 5.82 Å². The Bertz CT molecular complexity index is 1060. The van der Waals surface area contributed by atoms with Crippen LogP contribution in [0.15, 0.2) is 51.9 Å². The van der Waals surface area contributed by atoms with Gasteiger partial charge in [-0.15, -0.1) is 0 Å². The molecule has 3 aromatic rings. The van der Waals surface area contributed by atoms with Crippen LogP contribution in [-0.4, -0.2) is 40.6 Å². The predicted molar refractivity (Wildman–Crippen MR) is 113 cm³/mol. The number of hydrogen-bond donors (Lipinski definition) is 0. The van der Waals surface area contributed by atoms with E-state index in [1.807, 2.05) is 24.3 Å². The van der Waals surface area contributed by atoms with Gasteiger partial charge in [-0.3, -0.25) is 9.69 Å². The summed E-state index contributed by atoms with van der Waals surface area (Å²) in [5.74, 6) is -0.211. The highest BCUT2D eigenvalue weighted by atomic mass is 79.9. The maximum atomic E-state index is 13.2. The summed E-state index contributed by atoms with van der Waals surface area (Å²) >= 11 is 3.44. The van der Waals surface area contributed by atoms with E-state index in [1.165, 1.54) is 12.1 Å². The lowest BCUT2D eigenvalue weighted by molar-refractivity contribution is 0.198. The van der Waals surface area contributed by atoms with Gasteiger partial charge >= 0.3 is 0 Å². The van der Waals surface area contributed by atoms with Crippen LogP contribution < -0.4 is 10.5 Å². The van der Waals surface area contributed by atoms with Crippen molar-refractivity contribution >= 4 is 32.7 Å². The molecule has 2 aromatic heterocycles. The van der Waals surface area contributed by atoms with E-state index >= 15 is 0 Å². The molecule has 0 aliphatic carbocycles. The number of pyridine rings is 2. The summed E-state index contributed by atoms with van der Waals surface area (Å²) in [5, 5.41) is 0. The van der Waals surface area contributed by atoms with Gasteiger partial charge in [0.25, 0.3) is 5.56 Å². The van der Waals surface area contributed by atoms with Gasteiger partial charge < -0.3 is 9.47 Å². The third kappa shape index (κ3) is 3.56. The Morgan fingerprint density at radius 1 is 1.07 bits per heavy atom. The number of fused-ring (bicyclic) bond motifs is 1. The Hall–Kier alpha value is -2.25. The van der Waals surface area contributed by atoms with Crippen molar-refractivity contribution in [2.75, 3.05) is 31.1 Å². The molecule has 1 atom stereocenters. The lowest BCUT2D eigenvalue weighted by Crippen LogP contribution is -2.47. The highest BCUT2D eigenvalue weighted by Crippen LogP contribution is 2.28. The van der Waals surface area contributed by atoms with Crippen molar-refractivity contribution in [3.05, 3.63) is 68.8 Å². The highest BCUT2D eigenvalue weighted by molar-refractivity contribution is 9.10. The average molecular weight is 445 g/mol. The van der Waals surface area contributed by atoms with Gasteiger partial charge in [-0.05, 0) is 52.7 Å². The number of anilines is 1. The largest absolute Gasteiger partial charge is 0.367 e. The number of rotatable bonds is 3. The molecule has 1 fully saturated rings. The van der Waals surface area contributed by atoms with Gasteiger partial charge in [-0.1, -0.05) is 12.1 Å². The molecule has 0 radical (unpaired) electrons. The van der Waals surface area contributed by atoms with Gasteiger partial charge in [0.2, 0.25) is 0 Å². The van der Waals surface area contributed by atoms with E-state index in [4.69, 9.17) is 0 Å². The van der Waals surface area contributed by atoms with Crippen molar-refractivity contribution in [1.29, 1.82) is 0 Å². The lowest BCUT2D eigenvalue weighted by Gasteiger charge is -2.39. The Balaban J connectivity index is 1.57. The molecule has 1 unspecified atom stereocenters. The minimum atomic E-state index is -0.211. The zero-order valence-corrected chi connectivity index (χ0v) is 17.5. The van der Waals surface area contributed by atoms with E-state index in [-0.39, 0.29) is 17.4 Å². The third-order valence-corrected chi connectivity index (χ3v) is 6.03. The van der Waals surface area contributed by atoms with Gasteiger partial charge in [-0.2, -0.15) is 0 Å². The average Bonchev–Trinajstić information content (AvgIpc) is 2.71. The van der Waals surface area contributed by atoms with E-state index in [0.717, 1.165) is 53.1 Å². The van der Waals surface area contributed by atoms with Gasteiger partial charge in [0.15, 0.2) is 0 Å². The summed E-state index contributed by atoms with van der Waals surface area (Å²) in [7, 11) is 1.77. The molecule has 0 saturated carbocycles. The van der Waals surface area contributed by atoms with Crippen molar-refractivity contribution in [3.8, 4) is 0 Å². The molecule has 0 spiro atoms. The minimum absolute atomic E-state index is 0.0336. The highest BCUT2D eigenvalue weighted by Gasteiger charge is 2.24. The molecule has 7 heteroatoms. The van der Waals surface area contributed by atoms with Crippen molar-refractivity contribution in [2.45, 2.75) is 13.0 Å². The second-order valence-electron chi connectivity index (χ2n) is 7.18. The number of aryl methyl sites for hydroxylation is 1. The topological polar surface area (TPSA) is 41.4 Å². The zero-order chi connectivity index (χ0) is 19.8. The van der Waals surface area contributed by atoms with E-state index in [2.05, 4.69) is 37.6 Å². The molecule has 0 amide bonds. The molecule has 1 aliphatic rings. The molecular formula is C21H22BrFN4O. The second-order valence-corrected chi connectivity index (χ2v) is 7.99. The molecule has 1 saturated heterocycles. The van der Waals surface area contributed by atoms with Crippen molar-refractivity contribution < 1.29 is 4.39 Å². The molecular weight excluding hydrogens is 423 g/mol. The van der Waals surface area contributed by atoms with Crippen LogP contribution in [0.5, 0.6) is 0 Å². The smallest absolute Gasteiger partial charge is 0.252 e. The third-order valence-electron chi connectivity index (χ3n) is 5.59. The van der Waals surface area contributed by atoms with E-state index in [0.29, 0.717) is 0 Å². The first-order valence-corrected chi connectivity index (χ1v) is 10.1. The number of benzene rings is 1. The normalized spacial score (nSPS) is 16.5. The van der Waals surface area contributed by atoms with Crippen LogP contribution in [0.3, 0.4) is 0 Å². The number of halogens is 2. The molecule has 1 aliphatic heterocycles. The maximum Gasteiger partial charge on any atom is 0.252 e. The molecule has 1 aromatic carbocycles. The molecule has 28 heavy (non-hydrogen) atoms. The minimum Gasteiger partial charge on any atom is -0.367 e. The quantitative estimate of drug-likeness (QED) is 0.577. The van der Waals surface area contributed by atoms with E-state index in [9.17, 15) is 9.18 Å². The van der Waals surface area contributed by atoms with Crippen molar-refractivity contribution in [3.63, 3.8) is 0 Å². The van der Waals surface area contributed by atoms with Crippen molar-refractivity contribution in [1.82, 2.24) is 14.5 Å². The molecule has 0 bridgehead atoms. The fourth-order valence-electron chi connectivity index (χ4n) is 3.83. The van der Waals surface area contributed by atoms with Crippen LogP contribution in [0.25, 0.3) is 11.0 Å². The first kappa shape index (κ1) is 19.1. The standard InChI is InChI=1S/C21H22BrFN4O/c1-14(15-3-5-16(23)6-4-15)26-9-11-27(12-10-26)18-13-20(28)25(2)17-7-8-19(22)24-21(17)18/h3-8,13-14H,9-12H2,1-2H3. The first-order chi connectivity index (χ1) is 13.4. The van der Waals surface area contributed by atoms with E-state index < -0.39 is 0 Å². The monoisotopic (exact) mass is 444 g/mol. The van der Waals surface area contributed by atoms with Crippen LogP contribution in [0.4, 0.5) is 10.1 Å². The Morgan fingerprint density at radius 3 is 2.43 bits per heavy atom. The van der Waals surface area contributed by atoms with Gasteiger partial charge in [0.1, 0.15) is 15.9 Å². The zero-order valence-electron chi connectivity index (χ0n) is 15.9. The molecule has 3 heterocycles. The van der Waals surface area contributed by atoms with Crippen molar-refractivity contribution in [2.24, 2.45) is 7.05 Å². The first-order valence-electron chi connectivity index (χ1n) is 9.35. The fraction of sp³-hybridized carbons (Fsp3) is 0.333. The molecule has 5 nitrogen and oxygen atoms in total. The second kappa shape index (κ2) is 7.64. The summed E-state index contributed by atoms with van der Waals surface area (Å²) in [4.78, 5) is 21.7. The maximum absolute atomic E-state index is 13.2. The van der Waals surface area contributed by atoms with Gasteiger partial charge in [0.05, 0.1) is 11.2 Å². The number of hydrogen-bond acceptors (Lipinski definition) is 4. The summed E-state index contributed by atoms with van der Waals surface area (Å²) in [6.07, 6.45) is 0. The van der Waals surface area contributed by atoms with Crippen LogP contribution in [0.2, 0.25) is 0 Å². The molecule has 146 valence electrons. The van der Waals surface area contributed by atoms with Crippen LogP contribution in [0.1, 0.15) is 18.5 Å². The predicted octanol–water partition coefficient (Wildman–Crippen LogP) is 3.72. The summed E-state index contributed by atoms with van der Waals surface area (Å²) in [5.41, 5.74) is 3.62. The Labute approximate surface area is 171 Å². The molecule has 0 N–H and O–H groups in total. The number of nitrogens with zero attached hydrogens (tertiary/aromatic N) is 4. The summed E-state index contributed by atoms with van der Waals surface area (Å²) in [6.45, 7) is 5.49. The van der Waals surface area contributed by atoms with E-state index in [1.54, 1.807) is 17.7 Å². The van der Waals surface area contributed by atoms with Gasteiger partial charge in [0, 0.05) is 45.3 Å². The summed E-state index contributed by atoms with van der Waals surface area (Å²) < 4.78 is 15.6. The van der Waals surface area contributed by atoms with Gasteiger partial charge in [-0.25, -0.2) is 9.37 Å².